The Hall–Kier alpha value is -2.23. The lowest BCUT2D eigenvalue weighted by Crippen LogP contribution is -2.31. The van der Waals surface area contributed by atoms with E-state index >= 15 is 0 Å². The maximum atomic E-state index is 12.1. The van der Waals surface area contributed by atoms with E-state index in [1.54, 1.807) is 13.2 Å². The molecule has 0 aliphatic heterocycles. The van der Waals surface area contributed by atoms with Gasteiger partial charge in [0.1, 0.15) is 12.0 Å². The highest BCUT2D eigenvalue weighted by molar-refractivity contribution is 5.94. The second kappa shape index (κ2) is 6.28. The Morgan fingerprint density at radius 1 is 1.20 bits per heavy atom. The first-order chi connectivity index (χ1) is 9.61. The third kappa shape index (κ3) is 3.20. The Bertz CT molecular complexity index is 544. The molecule has 1 amide bonds. The highest BCUT2D eigenvalue weighted by Crippen LogP contribution is 2.24. The average molecular weight is 273 g/mol. The summed E-state index contributed by atoms with van der Waals surface area (Å²) >= 11 is 0. The van der Waals surface area contributed by atoms with Crippen molar-refractivity contribution in [3.8, 4) is 5.75 Å². The van der Waals surface area contributed by atoms with Crippen LogP contribution >= 0.6 is 0 Å². The molecule has 0 aliphatic rings. The molecule has 20 heavy (non-hydrogen) atoms. The fourth-order valence-corrected chi connectivity index (χ4v) is 2.06. The van der Waals surface area contributed by atoms with Gasteiger partial charge in [0, 0.05) is 0 Å². The summed E-state index contributed by atoms with van der Waals surface area (Å²) in [5.41, 5.74) is 1.59. The number of hydrogen-bond acceptors (Lipinski definition) is 3. The Morgan fingerprint density at radius 3 is 2.40 bits per heavy atom. The first-order valence-electron chi connectivity index (χ1n) is 6.59. The third-order valence-electron chi connectivity index (χ3n) is 3.21. The van der Waals surface area contributed by atoms with Crippen molar-refractivity contribution in [2.45, 2.75) is 19.9 Å². The largest absolute Gasteiger partial charge is 0.497 e. The van der Waals surface area contributed by atoms with Gasteiger partial charge in [-0.2, -0.15) is 0 Å². The summed E-state index contributed by atoms with van der Waals surface area (Å²) in [5, 5.41) is 3.03. The number of rotatable bonds is 5. The monoisotopic (exact) mass is 273 g/mol. The Kier molecular flexibility index (Phi) is 4.45. The zero-order valence-electron chi connectivity index (χ0n) is 11.9. The topological polar surface area (TPSA) is 51.5 Å². The summed E-state index contributed by atoms with van der Waals surface area (Å²) in [4.78, 5) is 12.1. The van der Waals surface area contributed by atoms with Crippen LogP contribution in [-0.2, 0) is 0 Å². The molecule has 1 heterocycles. The minimum atomic E-state index is -0.131. The van der Waals surface area contributed by atoms with Crippen LogP contribution in [0.1, 0.15) is 35.8 Å². The summed E-state index contributed by atoms with van der Waals surface area (Å²) in [6.07, 6.45) is 2.94. The number of carbonyl (C=O) groups excluding carboxylic acids is 1. The predicted molar refractivity (Wildman–Crippen MR) is 76.7 cm³/mol. The van der Waals surface area contributed by atoms with E-state index in [0.717, 1.165) is 11.3 Å². The molecule has 0 fully saturated rings. The van der Waals surface area contributed by atoms with Crippen LogP contribution in [0.2, 0.25) is 0 Å². The molecule has 0 saturated carbocycles. The lowest BCUT2D eigenvalue weighted by molar-refractivity contribution is 0.0925. The quantitative estimate of drug-likeness (QED) is 0.908. The number of methoxy groups -OCH3 is 1. The van der Waals surface area contributed by atoms with E-state index in [1.165, 1.54) is 12.5 Å². The molecule has 0 bridgehead atoms. The van der Waals surface area contributed by atoms with Gasteiger partial charge in [-0.05, 0) is 29.7 Å². The number of benzene rings is 1. The van der Waals surface area contributed by atoms with Crippen molar-refractivity contribution >= 4 is 5.91 Å². The lowest BCUT2D eigenvalue weighted by atomic mass is 9.95. The molecule has 1 atom stereocenters. The summed E-state index contributed by atoms with van der Waals surface area (Å²) in [7, 11) is 1.63. The highest BCUT2D eigenvalue weighted by Gasteiger charge is 2.19. The van der Waals surface area contributed by atoms with E-state index in [4.69, 9.17) is 9.15 Å². The van der Waals surface area contributed by atoms with Gasteiger partial charge < -0.3 is 14.5 Å². The maximum absolute atomic E-state index is 12.1. The van der Waals surface area contributed by atoms with Gasteiger partial charge in [0.15, 0.2) is 0 Å². The molecule has 4 heteroatoms. The molecule has 4 nitrogen and oxygen atoms in total. The van der Waals surface area contributed by atoms with Gasteiger partial charge in [0.2, 0.25) is 0 Å². The smallest absolute Gasteiger partial charge is 0.255 e. The fraction of sp³-hybridized carbons (Fsp3) is 0.312. The molecular weight excluding hydrogens is 254 g/mol. The van der Waals surface area contributed by atoms with E-state index in [2.05, 4.69) is 19.2 Å². The highest BCUT2D eigenvalue weighted by atomic mass is 16.5. The summed E-state index contributed by atoms with van der Waals surface area (Å²) in [5.74, 6) is 0.949. The standard InChI is InChI=1S/C16H19NO3/c1-11(2)15(12-4-6-14(19-3)7-5-12)17-16(18)13-8-9-20-10-13/h4-11,15H,1-3H3,(H,17,18). The summed E-state index contributed by atoms with van der Waals surface area (Å²) < 4.78 is 10.1. The molecule has 1 N–H and O–H groups in total. The molecule has 106 valence electrons. The van der Waals surface area contributed by atoms with Crippen molar-refractivity contribution in [3.05, 3.63) is 54.0 Å². The molecule has 1 aromatic heterocycles. The number of furan rings is 1. The van der Waals surface area contributed by atoms with E-state index < -0.39 is 0 Å². The second-order valence-corrected chi connectivity index (χ2v) is 4.98. The fourth-order valence-electron chi connectivity index (χ4n) is 2.06. The number of ether oxygens (including phenoxy) is 1. The van der Waals surface area contributed by atoms with Gasteiger partial charge in [-0.3, -0.25) is 4.79 Å². The van der Waals surface area contributed by atoms with Crippen LogP contribution in [-0.4, -0.2) is 13.0 Å². The van der Waals surface area contributed by atoms with Crippen molar-refractivity contribution in [2.24, 2.45) is 5.92 Å². The van der Waals surface area contributed by atoms with Crippen LogP contribution in [0.15, 0.2) is 47.3 Å². The molecule has 1 aromatic carbocycles. The molecule has 0 radical (unpaired) electrons. The van der Waals surface area contributed by atoms with Crippen LogP contribution in [0, 0.1) is 5.92 Å². The van der Waals surface area contributed by atoms with Gasteiger partial charge in [0.05, 0.1) is 25.0 Å². The van der Waals surface area contributed by atoms with Crippen molar-refractivity contribution in [2.75, 3.05) is 7.11 Å². The Balaban J connectivity index is 2.16. The maximum Gasteiger partial charge on any atom is 0.255 e. The van der Waals surface area contributed by atoms with Gasteiger partial charge in [-0.15, -0.1) is 0 Å². The Labute approximate surface area is 118 Å². The molecule has 0 saturated heterocycles. The molecule has 0 spiro atoms. The van der Waals surface area contributed by atoms with Crippen LogP contribution in [0.5, 0.6) is 5.75 Å². The van der Waals surface area contributed by atoms with Gasteiger partial charge >= 0.3 is 0 Å². The normalized spacial score (nSPS) is 12.2. The number of hydrogen-bond donors (Lipinski definition) is 1. The number of carbonyl (C=O) groups is 1. The van der Waals surface area contributed by atoms with E-state index in [-0.39, 0.29) is 17.9 Å². The molecule has 2 aromatic rings. The number of amides is 1. The SMILES string of the molecule is COc1ccc(C(NC(=O)c2ccoc2)C(C)C)cc1. The van der Waals surface area contributed by atoms with Gasteiger partial charge in [-0.1, -0.05) is 26.0 Å². The average Bonchev–Trinajstić information content (AvgIpc) is 2.98. The van der Waals surface area contributed by atoms with Crippen molar-refractivity contribution in [1.29, 1.82) is 0 Å². The third-order valence-corrected chi connectivity index (χ3v) is 3.21. The van der Waals surface area contributed by atoms with Crippen LogP contribution in [0.3, 0.4) is 0 Å². The Morgan fingerprint density at radius 2 is 1.90 bits per heavy atom. The first kappa shape index (κ1) is 14.2. The molecular formula is C16H19NO3. The van der Waals surface area contributed by atoms with Crippen molar-refractivity contribution in [1.82, 2.24) is 5.32 Å². The molecule has 2 rings (SSSR count). The zero-order valence-corrected chi connectivity index (χ0v) is 11.9. The second-order valence-electron chi connectivity index (χ2n) is 4.98. The van der Waals surface area contributed by atoms with E-state index in [1.807, 2.05) is 24.3 Å². The van der Waals surface area contributed by atoms with Crippen LogP contribution in [0.25, 0.3) is 0 Å². The minimum Gasteiger partial charge on any atom is -0.497 e. The summed E-state index contributed by atoms with van der Waals surface area (Å²) in [6, 6.07) is 9.34. The van der Waals surface area contributed by atoms with Crippen LogP contribution < -0.4 is 10.1 Å². The van der Waals surface area contributed by atoms with E-state index in [9.17, 15) is 4.79 Å². The zero-order chi connectivity index (χ0) is 14.5. The van der Waals surface area contributed by atoms with Gasteiger partial charge in [0.25, 0.3) is 5.91 Å². The predicted octanol–water partition coefficient (Wildman–Crippen LogP) is 3.42. The minimum absolute atomic E-state index is 0.0525. The van der Waals surface area contributed by atoms with Crippen molar-refractivity contribution in [3.63, 3.8) is 0 Å². The van der Waals surface area contributed by atoms with Gasteiger partial charge in [-0.25, -0.2) is 0 Å². The van der Waals surface area contributed by atoms with Crippen molar-refractivity contribution < 1.29 is 13.9 Å². The summed E-state index contributed by atoms with van der Waals surface area (Å²) in [6.45, 7) is 4.15. The molecule has 1 unspecified atom stereocenters. The van der Waals surface area contributed by atoms with Crippen LogP contribution in [0.4, 0.5) is 0 Å². The first-order valence-corrected chi connectivity index (χ1v) is 6.59. The number of nitrogens with one attached hydrogen (secondary N) is 1. The molecule has 0 aliphatic carbocycles. The van der Waals surface area contributed by atoms with E-state index in [0.29, 0.717) is 5.56 Å². The lowest BCUT2D eigenvalue weighted by Gasteiger charge is -2.22.